The minimum absolute atomic E-state index is 0.0198. The quantitative estimate of drug-likeness (QED) is 0.546. The van der Waals surface area contributed by atoms with Gasteiger partial charge < -0.3 is 9.88 Å². The number of fused-ring (bicyclic) bond motifs is 1. The highest BCUT2D eigenvalue weighted by Crippen LogP contribution is 2.18. The molecule has 136 valence electrons. The first-order valence-corrected chi connectivity index (χ1v) is 9.86. The van der Waals surface area contributed by atoms with Crippen LogP contribution >= 0.6 is 11.3 Å². The molecule has 5 heteroatoms. The van der Waals surface area contributed by atoms with Crippen LogP contribution in [0.5, 0.6) is 0 Å². The summed E-state index contributed by atoms with van der Waals surface area (Å²) in [6.45, 7) is 3.24. The van der Waals surface area contributed by atoms with Crippen LogP contribution in [0.2, 0.25) is 0 Å². The van der Waals surface area contributed by atoms with E-state index in [4.69, 9.17) is 4.98 Å². The van der Waals surface area contributed by atoms with Gasteiger partial charge in [0.2, 0.25) is 5.91 Å². The van der Waals surface area contributed by atoms with E-state index in [9.17, 15) is 4.79 Å². The van der Waals surface area contributed by atoms with Gasteiger partial charge in [-0.2, -0.15) is 0 Å². The Hall–Kier alpha value is -2.92. The van der Waals surface area contributed by atoms with Gasteiger partial charge in [0, 0.05) is 11.4 Å². The molecule has 0 fully saturated rings. The summed E-state index contributed by atoms with van der Waals surface area (Å²) in [5, 5.41) is 5.01. The van der Waals surface area contributed by atoms with Crippen LogP contribution in [-0.4, -0.2) is 15.5 Å². The van der Waals surface area contributed by atoms with Crippen LogP contribution in [-0.2, 0) is 24.3 Å². The molecule has 0 aliphatic heterocycles. The standard InChI is InChI=1S/C22H21N3OS/c1-16-8-10-17(11-9-16)15-25-20-7-3-2-6-19(20)24-21(25)14-23-22(26)13-18-5-4-12-27-18/h2-12H,13-15H2,1H3,(H,23,26). The molecule has 0 atom stereocenters. The van der Waals surface area contributed by atoms with E-state index >= 15 is 0 Å². The second kappa shape index (κ2) is 7.76. The predicted octanol–water partition coefficient (Wildman–Crippen LogP) is 4.31. The van der Waals surface area contributed by atoms with Crippen LogP contribution in [0, 0.1) is 6.92 Å². The largest absolute Gasteiger partial charge is 0.349 e. The second-order valence-corrected chi connectivity index (χ2v) is 7.65. The molecule has 0 saturated heterocycles. The van der Waals surface area contributed by atoms with E-state index in [0.29, 0.717) is 13.0 Å². The Morgan fingerprint density at radius 2 is 1.89 bits per heavy atom. The molecule has 1 amide bonds. The smallest absolute Gasteiger partial charge is 0.225 e. The number of nitrogens with one attached hydrogen (secondary N) is 1. The molecule has 0 bridgehead atoms. The van der Waals surface area contributed by atoms with E-state index in [0.717, 1.165) is 28.3 Å². The molecule has 4 aromatic rings. The number of rotatable bonds is 6. The van der Waals surface area contributed by atoms with Crippen molar-refractivity contribution < 1.29 is 4.79 Å². The van der Waals surface area contributed by atoms with Crippen LogP contribution < -0.4 is 5.32 Å². The molecule has 2 aromatic carbocycles. The molecule has 0 saturated carbocycles. The molecule has 0 unspecified atom stereocenters. The van der Waals surface area contributed by atoms with E-state index in [1.807, 2.05) is 35.7 Å². The number of hydrogen-bond acceptors (Lipinski definition) is 3. The first-order chi connectivity index (χ1) is 13.2. The van der Waals surface area contributed by atoms with E-state index < -0.39 is 0 Å². The molecule has 0 aliphatic carbocycles. The highest BCUT2D eigenvalue weighted by molar-refractivity contribution is 7.10. The van der Waals surface area contributed by atoms with E-state index in [1.54, 1.807) is 11.3 Å². The fourth-order valence-electron chi connectivity index (χ4n) is 3.12. The zero-order valence-electron chi connectivity index (χ0n) is 15.2. The van der Waals surface area contributed by atoms with Crippen molar-refractivity contribution in [2.45, 2.75) is 26.4 Å². The molecular formula is C22H21N3OS. The predicted molar refractivity (Wildman–Crippen MR) is 110 cm³/mol. The Labute approximate surface area is 162 Å². The lowest BCUT2D eigenvalue weighted by Gasteiger charge is -2.11. The third kappa shape index (κ3) is 4.09. The number of para-hydroxylation sites is 2. The average Bonchev–Trinajstić information content (AvgIpc) is 3.30. The van der Waals surface area contributed by atoms with Crippen molar-refractivity contribution in [3.8, 4) is 0 Å². The average molecular weight is 375 g/mol. The van der Waals surface area contributed by atoms with Gasteiger partial charge in [0.25, 0.3) is 0 Å². The molecule has 2 aromatic heterocycles. The molecule has 4 nitrogen and oxygen atoms in total. The van der Waals surface area contributed by atoms with Gasteiger partial charge in [-0.25, -0.2) is 4.98 Å². The molecule has 1 N–H and O–H groups in total. The van der Waals surface area contributed by atoms with Gasteiger partial charge >= 0.3 is 0 Å². The maximum absolute atomic E-state index is 12.3. The third-order valence-corrected chi connectivity index (χ3v) is 5.43. The summed E-state index contributed by atoms with van der Waals surface area (Å²) in [7, 11) is 0. The van der Waals surface area contributed by atoms with Gasteiger partial charge in [-0.15, -0.1) is 11.3 Å². The number of nitrogens with zero attached hydrogens (tertiary/aromatic N) is 2. The maximum atomic E-state index is 12.3. The highest BCUT2D eigenvalue weighted by Gasteiger charge is 2.12. The van der Waals surface area contributed by atoms with Crippen LogP contribution in [0.25, 0.3) is 11.0 Å². The summed E-state index contributed by atoms with van der Waals surface area (Å²) >= 11 is 1.60. The topological polar surface area (TPSA) is 46.9 Å². The third-order valence-electron chi connectivity index (χ3n) is 4.55. The second-order valence-electron chi connectivity index (χ2n) is 6.62. The molecule has 0 aliphatic rings. The van der Waals surface area contributed by atoms with Crippen LogP contribution in [0.15, 0.2) is 66.0 Å². The lowest BCUT2D eigenvalue weighted by atomic mass is 10.1. The first-order valence-electron chi connectivity index (χ1n) is 8.98. The Bertz CT molecular complexity index is 1050. The summed E-state index contributed by atoms with van der Waals surface area (Å²) in [4.78, 5) is 18.1. The Morgan fingerprint density at radius 3 is 2.67 bits per heavy atom. The van der Waals surface area contributed by atoms with E-state index in [1.165, 1.54) is 11.1 Å². The first kappa shape index (κ1) is 17.5. The molecule has 27 heavy (non-hydrogen) atoms. The van der Waals surface area contributed by atoms with Crippen LogP contribution in [0.4, 0.5) is 0 Å². The summed E-state index contributed by atoms with van der Waals surface area (Å²) in [5.41, 5.74) is 4.50. The van der Waals surface area contributed by atoms with Gasteiger partial charge in [-0.3, -0.25) is 4.79 Å². The Balaban J connectivity index is 1.56. The minimum atomic E-state index is 0.0198. The number of hydrogen-bond donors (Lipinski definition) is 1. The van der Waals surface area contributed by atoms with E-state index in [-0.39, 0.29) is 5.91 Å². The van der Waals surface area contributed by atoms with Gasteiger partial charge in [0.1, 0.15) is 5.82 Å². The minimum Gasteiger partial charge on any atom is -0.349 e. The van der Waals surface area contributed by atoms with Crippen molar-refractivity contribution in [3.05, 3.63) is 87.9 Å². The lowest BCUT2D eigenvalue weighted by molar-refractivity contribution is -0.120. The number of thiophene rings is 1. The fraction of sp³-hybridized carbons (Fsp3) is 0.182. The number of amides is 1. The lowest BCUT2D eigenvalue weighted by Crippen LogP contribution is -2.26. The van der Waals surface area contributed by atoms with Crippen molar-refractivity contribution in [1.29, 1.82) is 0 Å². The van der Waals surface area contributed by atoms with Gasteiger partial charge in [0.15, 0.2) is 0 Å². The summed E-state index contributed by atoms with van der Waals surface area (Å²) < 4.78 is 2.19. The number of carbonyl (C=O) groups excluding carboxylic acids is 1. The highest BCUT2D eigenvalue weighted by atomic mass is 32.1. The Morgan fingerprint density at radius 1 is 1.07 bits per heavy atom. The molecule has 0 radical (unpaired) electrons. The van der Waals surface area contributed by atoms with Crippen molar-refractivity contribution in [1.82, 2.24) is 14.9 Å². The van der Waals surface area contributed by atoms with Gasteiger partial charge in [0.05, 0.1) is 24.0 Å². The number of carbonyl (C=O) groups is 1. The zero-order valence-corrected chi connectivity index (χ0v) is 16.0. The molecular weight excluding hydrogens is 354 g/mol. The van der Waals surface area contributed by atoms with Crippen molar-refractivity contribution >= 4 is 28.3 Å². The number of aromatic nitrogens is 2. The van der Waals surface area contributed by atoms with Gasteiger partial charge in [-0.1, -0.05) is 48.0 Å². The van der Waals surface area contributed by atoms with Crippen molar-refractivity contribution in [3.63, 3.8) is 0 Å². The number of aryl methyl sites for hydroxylation is 1. The number of imidazole rings is 1. The SMILES string of the molecule is Cc1ccc(Cn2c(CNC(=O)Cc3cccs3)nc3ccccc32)cc1. The summed E-state index contributed by atoms with van der Waals surface area (Å²) in [6.07, 6.45) is 0.413. The Kier molecular flexibility index (Phi) is 5.03. The monoisotopic (exact) mass is 375 g/mol. The van der Waals surface area contributed by atoms with Crippen LogP contribution in [0.1, 0.15) is 21.8 Å². The number of benzene rings is 2. The summed E-state index contributed by atoms with van der Waals surface area (Å²) in [5.74, 6) is 0.891. The van der Waals surface area contributed by atoms with Crippen molar-refractivity contribution in [2.24, 2.45) is 0 Å². The van der Waals surface area contributed by atoms with Crippen molar-refractivity contribution in [2.75, 3.05) is 0 Å². The van der Waals surface area contributed by atoms with Crippen LogP contribution in [0.3, 0.4) is 0 Å². The molecule has 2 heterocycles. The van der Waals surface area contributed by atoms with Gasteiger partial charge in [-0.05, 0) is 36.1 Å². The molecule has 0 spiro atoms. The molecule has 4 rings (SSSR count). The van der Waals surface area contributed by atoms with E-state index in [2.05, 4.69) is 47.1 Å². The summed E-state index contributed by atoms with van der Waals surface area (Å²) in [6, 6.07) is 20.6. The maximum Gasteiger partial charge on any atom is 0.225 e. The zero-order chi connectivity index (χ0) is 18.6. The fourth-order valence-corrected chi connectivity index (χ4v) is 3.83. The normalized spacial score (nSPS) is 11.0.